The first kappa shape index (κ1) is 15.4. The molecule has 1 aromatic rings. The molecule has 0 saturated heterocycles. The van der Waals surface area contributed by atoms with E-state index < -0.39 is 0 Å². The van der Waals surface area contributed by atoms with E-state index in [9.17, 15) is 4.39 Å². The second-order valence-corrected chi connectivity index (χ2v) is 4.65. The minimum Gasteiger partial charge on any atom is -0.380 e. The first-order valence-corrected chi connectivity index (χ1v) is 6.80. The molecule has 1 atom stereocenters. The van der Waals surface area contributed by atoms with E-state index >= 15 is 0 Å². The van der Waals surface area contributed by atoms with Crippen LogP contribution in [0.5, 0.6) is 0 Å². The molecule has 1 N–H and O–H groups in total. The number of rotatable bonds is 8. The van der Waals surface area contributed by atoms with Gasteiger partial charge in [0.2, 0.25) is 0 Å². The third-order valence-corrected chi connectivity index (χ3v) is 2.95. The molecule has 0 aliphatic carbocycles. The highest BCUT2D eigenvalue weighted by atomic mass is 35.5. The molecule has 4 heteroatoms. The molecule has 0 spiro atoms. The molecule has 1 aromatic carbocycles. The van der Waals surface area contributed by atoms with Crippen LogP contribution in [-0.4, -0.2) is 25.8 Å². The van der Waals surface area contributed by atoms with E-state index in [1.807, 2.05) is 6.92 Å². The van der Waals surface area contributed by atoms with Crippen molar-refractivity contribution in [2.45, 2.75) is 32.7 Å². The van der Waals surface area contributed by atoms with Gasteiger partial charge in [-0.05, 0) is 31.0 Å². The number of benzene rings is 1. The van der Waals surface area contributed by atoms with Crippen LogP contribution < -0.4 is 5.32 Å². The summed E-state index contributed by atoms with van der Waals surface area (Å²) in [7, 11) is 0. The van der Waals surface area contributed by atoms with Gasteiger partial charge in [0, 0.05) is 12.6 Å². The number of halogens is 2. The second kappa shape index (κ2) is 8.46. The van der Waals surface area contributed by atoms with Crippen LogP contribution in [0.1, 0.15) is 25.8 Å². The van der Waals surface area contributed by atoms with Crippen molar-refractivity contribution >= 4 is 11.6 Å². The summed E-state index contributed by atoms with van der Waals surface area (Å²) in [6.07, 6.45) is 1.58. The van der Waals surface area contributed by atoms with E-state index in [1.165, 1.54) is 0 Å². The summed E-state index contributed by atoms with van der Waals surface area (Å²) in [5.41, 5.74) is 0.633. The van der Waals surface area contributed by atoms with Crippen LogP contribution in [0.2, 0.25) is 5.02 Å². The van der Waals surface area contributed by atoms with Crippen molar-refractivity contribution in [2.24, 2.45) is 0 Å². The van der Waals surface area contributed by atoms with Crippen LogP contribution in [0, 0.1) is 5.82 Å². The molecule has 102 valence electrons. The Hall–Kier alpha value is -0.640. The normalized spacial score (nSPS) is 12.7. The van der Waals surface area contributed by atoms with Crippen LogP contribution >= 0.6 is 11.6 Å². The Balaban J connectivity index is 2.61. The first-order chi connectivity index (χ1) is 8.69. The smallest absolute Gasteiger partial charge is 0.145 e. The van der Waals surface area contributed by atoms with Crippen molar-refractivity contribution in [3.63, 3.8) is 0 Å². The van der Waals surface area contributed by atoms with Crippen molar-refractivity contribution in [3.8, 4) is 0 Å². The van der Waals surface area contributed by atoms with Gasteiger partial charge in [0.25, 0.3) is 0 Å². The lowest BCUT2D eigenvalue weighted by atomic mass is 10.1. The van der Waals surface area contributed by atoms with Crippen molar-refractivity contribution in [2.75, 3.05) is 19.8 Å². The van der Waals surface area contributed by atoms with E-state index in [2.05, 4.69) is 12.2 Å². The molecule has 0 saturated carbocycles. The summed E-state index contributed by atoms with van der Waals surface area (Å²) in [6.45, 7) is 6.26. The fourth-order valence-corrected chi connectivity index (χ4v) is 2.01. The van der Waals surface area contributed by atoms with Gasteiger partial charge in [-0.3, -0.25) is 0 Å². The minimum atomic E-state index is -0.322. The fraction of sp³-hybridized carbons (Fsp3) is 0.571. The van der Waals surface area contributed by atoms with Crippen LogP contribution in [-0.2, 0) is 11.2 Å². The highest BCUT2D eigenvalue weighted by Crippen LogP contribution is 2.19. The molecule has 0 amide bonds. The number of hydrogen-bond donors (Lipinski definition) is 1. The summed E-state index contributed by atoms with van der Waals surface area (Å²) in [5, 5.41) is 3.48. The van der Waals surface area contributed by atoms with Crippen molar-refractivity contribution in [3.05, 3.63) is 34.6 Å². The quantitative estimate of drug-likeness (QED) is 0.733. The predicted molar refractivity (Wildman–Crippen MR) is 73.7 cm³/mol. The van der Waals surface area contributed by atoms with E-state index in [0.29, 0.717) is 18.6 Å². The predicted octanol–water partition coefficient (Wildman–Crippen LogP) is 3.43. The molecule has 0 aliphatic heterocycles. The van der Waals surface area contributed by atoms with Gasteiger partial charge in [-0.15, -0.1) is 0 Å². The third kappa shape index (κ3) is 4.92. The molecule has 1 unspecified atom stereocenters. The third-order valence-electron chi connectivity index (χ3n) is 2.66. The average molecular weight is 274 g/mol. The molecular weight excluding hydrogens is 253 g/mol. The number of nitrogens with one attached hydrogen (secondary N) is 1. The molecule has 2 nitrogen and oxygen atoms in total. The lowest BCUT2D eigenvalue weighted by molar-refractivity contribution is 0.112. The van der Waals surface area contributed by atoms with Crippen LogP contribution in [0.25, 0.3) is 0 Å². The Kier molecular flexibility index (Phi) is 7.25. The Morgan fingerprint density at radius 1 is 1.39 bits per heavy atom. The summed E-state index contributed by atoms with van der Waals surface area (Å²) < 4.78 is 19.3. The highest BCUT2D eigenvalue weighted by Gasteiger charge is 2.13. The first-order valence-electron chi connectivity index (χ1n) is 6.43. The van der Waals surface area contributed by atoms with Crippen molar-refractivity contribution in [1.29, 1.82) is 0 Å². The lowest BCUT2D eigenvalue weighted by Crippen LogP contribution is -2.35. The number of hydrogen-bond acceptors (Lipinski definition) is 2. The number of ether oxygens (including phenoxy) is 1. The standard InChI is InChI=1S/C14H21ClFNO/c1-3-8-18-10-12(17-4-2)9-11-6-5-7-13(15)14(11)16/h5-7,12,17H,3-4,8-10H2,1-2H3. The minimum absolute atomic E-state index is 0.120. The summed E-state index contributed by atoms with van der Waals surface area (Å²) in [4.78, 5) is 0. The zero-order valence-corrected chi connectivity index (χ0v) is 11.8. The van der Waals surface area contributed by atoms with E-state index in [-0.39, 0.29) is 16.9 Å². The number of likely N-dealkylation sites (N-methyl/N-ethyl adjacent to an activating group) is 1. The topological polar surface area (TPSA) is 21.3 Å². The van der Waals surface area contributed by atoms with Crippen molar-refractivity contribution < 1.29 is 9.13 Å². The zero-order valence-electron chi connectivity index (χ0n) is 11.0. The average Bonchev–Trinajstić information content (AvgIpc) is 2.35. The maximum absolute atomic E-state index is 13.8. The highest BCUT2D eigenvalue weighted by molar-refractivity contribution is 6.30. The van der Waals surface area contributed by atoms with Gasteiger partial charge in [0.05, 0.1) is 11.6 Å². The molecule has 0 aromatic heterocycles. The monoisotopic (exact) mass is 273 g/mol. The van der Waals surface area contributed by atoms with Crippen molar-refractivity contribution in [1.82, 2.24) is 5.32 Å². The molecular formula is C14H21ClFNO. The second-order valence-electron chi connectivity index (χ2n) is 4.25. The lowest BCUT2D eigenvalue weighted by Gasteiger charge is -2.18. The largest absolute Gasteiger partial charge is 0.380 e. The van der Waals surface area contributed by atoms with Gasteiger partial charge in [-0.1, -0.05) is 37.6 Å². The molecule has 0 radical (unpaired) electrons. The van der Waals surface area contributed by atoms with Gasteiger partial charge < -0.3 is 10.1 Å². The molecule has 0 fully saturated rings. The zero-order chi connectivity index (χ0) is 13.4. The molecule has 0 bridgehead atoms. The molecule has 0 aliphatic rings. The Labute approximate surface area is 113 Å². The van der Waals surface area contributed by atoms with E-state index in [4.69, 9.17) is 16.3 Å². The SMILES string of the molecule is CCCOCC(Cc1cccc(Cl)c1F)NCC. The summed E-state index contributed by atoms with van der Waals surface area (Å²) >= 11 is 5.77. The van der Waals surface area contributed by atoms with Gasteiger partial charge >= 0.3 is 0 Å². The van der Waals surface area contributed by atoms with Crippen LogP contribution in [0.3, 0.4) is 0 Å². The van der Waals surface area contributed by atoms with Gasteiger partial charge in [0.1, 0.15) is 5.82 Å². The molecule has 1 rings (SSSR count). The van der Waals surface area contributed by atoms with Gasteiger partial charge in [-0.2, -0.15) is 0 Å². The van der Waals surface area contributed by atoms with E-state index in [1.54, 1.807) is 18.2 Å². The van der Waals surface area contributed by atoms with E-state index in [0.717, 1.165) is 19.6 Å². The Bertz CT molecular complexity index is 360. The molecule has 0 heterocycles. The molecule has 18 heavy (non-hydrogen) atoms. The summed E-state index contributed by atoms with van der Waals surface area (Å²) in [6, 6.07) is 5.23. The van der Waals surface area contributed by atoms with Crippen LogP contribution in [0.4, 0.5) is 4.39 Å². The Morgan fingerprint density at radius 2 is 2.17 bits per heavy atom. The Morgan fingerprint density at radius 3 is 2.83 bits per heavy atom. The maximum Gasteiger partial charge on any atom is 0.145 e. The summed E-state index contributed by atoms with van der Waals surface area (Å²) in [5.74, 6) is -0.322. The van der Waals surface area contributed by atoms with Gasteiger partial charge in [0.15, 0.2) is 0 Å². The fourth-order valence-electron chi connectivity index (χ4n) is 1.82. The van der Waals surface area contributed by atoms with Crippen LogP contribution in [0.15, 0.2) is 18.2 Å². The van der Waals surface area contributed by atoms with Gasteiger partial charge in [-0.25, -0.2) is 4.39 Å². The maximum atomic E-state index is 13.8.